The predicted octanol–water partition coefficient (Wildman–Crippen LogP) is 9.86. The highest BCUT2D eigenvalue weighted by molar-refractivity contribution is 6.42. The van der Waals surface area contributed by atoms with E-state index in [9.17, 15) is 4.79 Å². The summed E-state index contributed by atoms with van der Waals surface area (Å²) >= 11 is 12.6. The molecule has 2 aliphatic rings. The summed E-state index contributed by atoms with van der Waals surface area (Å²) in [6.45, 7) is 9.70. The molecule has 1 aromatic heterocycles. The summed E-state index contributed by atoms with van der Waals surface area (Å²) in [5, 5.41) is 4.25. The van der Waals surface area contributed by atoms with Gasteiger partial charge in [0.2, 0.25) is 5.91 Å². The number of hydrogen-bond donors (Lipinski definition) is 1. The van der Waals surface area contributed by atoms with Gasteiger partial charge >= 0.3 is 0 Å². The van der Waals surface area contributed by atoms with E-state index in [1.54, 1.807) is 12.1 Å². The summed E-state index contributed by atoms with van der Waals surface area (Å²) in [6, 6.07) is 3.56. The third-order valence-corrected chi connectivity index (χ3v) is 11.0. The topological polar surface area (TPSA) is 54.9 Å². The zero-order valence-corrected chi connectivity index (χ0v) is 26.2. The summed E-state index contributed by atoms with van der Waals surface area (Å²) in [7, 11) is 0. The molecule has 2 bridgehead atoms. The first kappa shape index (κ1) is 30.6. The molecule has 2 unspecified atom stereocenters. The normalized spacial score (nSPS) is 22.9. The fraction of sp³-hybridized carbons (Fsp3) is 0.727. The lowest BCUT2D eigenvalue weighted by molar-refractivity contribution is -0.130. The Bertz CT molecular complexity index is 1150. The molecule has 1 N–H and O–H groups in total. The molecule has 0 aliphatic heterocycles. The Morgan fingerprint density at radius 1 is 0.744 bits per heavy atom. The van der Waals surface area contributed by atoms with Gasteiger partial charge in [0.1, 0.15) is 0 Å². The van der Waals surface area contributed by atoms with E-state index in [0.29, 0.717) is 15.6 Å². The lowest BCUT2D eigenvalue weighted by Gasteiger charge is -2.39. The quantitative estimate of drug-likeness (QED) is 0.203. The van der Waals surface area contributed by atoms with Gasteiger partial charge in [0.15, 0.2) is 0 Å². The summed E-state index contributed by atoms with van der Waals surface area (Å²) in [5.41, 5.74) is 2.08. The standard InChI is InChI=1S/C33H49Cl2N3O/c1-5-6-7-8-9-10-11-12-13-14-15-16-17-18-21-36-30(39)33-20-19-32(4,31(33,2)3)28-29(33)38-27-23-25(35)24(34)22-26(27)37-28/h22-23H,5-21H2,1-4H3,(H,36,39). The van der Waals surface area contributed by atoms with E-state index in [1.807, 2.05) is 0 Å². The van der Waals surface area contributed by atoms with Gasteiger partial charge in [0, 0.05) is 12.0 Å². The van der Waals surface area contributed by atoms with Crippen LogP contribution in [0.2, 0.25) is 10.0 Å². The molecule has 1 amide bonds. The highest BCUT2D eigenvalue weighted by Gasteiger charge is 2.73. The second-order valence-electron chi connectivity index (χ2n) is 12.9. The van der Waals surface area contributed by atoms with Crippen LogP contribution in [0.3, 0.4) is 0 Å². The Morgan fingerprint density at radius 3 is 1.72 bits per heavy atom. The number of aromatic nitrogens is 2. The number of amides is 1. The maximum atomic E-state index is 13.9. The minimum atomic E-state index is -0.666. The van der Waals surface area contributed by atoms with Gasteiger partial charge in [-0.05, 0) is 36.8 Å². The number of nitrogens with one attached hydrogen (secondary N) is 1. The molecule has 2 aliphatic carbocycles. The van der Waals surface area contributed by atoms with Crippen molar-refractivity contribution in [2.24, 2.45) is 5.41 Å². The number of fused-ring (bicyclic) bond motifs is 6. The zero-order valence-electron chi connectivity index (χ0n) is 24.7. The molecule has 1 heterocycles. The van der Waals surface area contributed by atoms with E-state index in [-0.39, 0.29) is 16.7 Å². The molecule has 0 radical (unpaired) electrons. The van der Waals surface area contributed by atoms with E-state index in [4.69, 9.17) is 33.2 Å². The van der Waals surface area contributed by atoms with Gasteiger partial charge in [-0.15, -0.1) is 0 Å². The van der Waals surface area contributed by atoms with Crippen molar-refractivity contribution in [2.75, 3.05) is 6.54 Å². The number of halogens is 2. The van der Waals surface area contributed by atoms with Gasteiger partial charge < -0.3 is 5.32 Å². The zero-order chi connectivity index (χ0) is 28.1. The molecule has 1 saturated carbocycles. The number of benzene rings is 1. The van der Waals surface area contributed by atoms with Crippen LogP contribution in [0.25, 0.3) is 11.0 Å². The van der Waals surface area contributed by atoms with Gasteiger partial charge in [0.25, 0.3) is 0 Å². The number of nitrogens with zero attached hydrogens (tertiary/aromatic N) is 2. The number of rotatable bonds is 16. The van der Waals surface area contributed by atoms with Crippen molar-refractivity contribution in [3.05, 3.63) is 33.6 Å². The van der Waals surface area contributed by atoms with Gasteiger partial charge in [-0.3, -0.25) is 4.79 Å². The predicted molar refractivity (Wildman–Crippen MR) is 165 cm³/mol. The highest BCUT2D eigenvalue weighted by Crippen LogP contribution is 2.70. The number of carbonyl (C=O) groups is 1. The van der Waals surface area contributed by atoms with Crippen LogP contribution in [0.4, 0.5) is 0 Å². The number of carbonyl (C=O) groups excluding carboxylic acids is 1. The maximum absolute atomic E-state index is 13.9. The monoisotopic (exact) mass is 573 g/mol. The second kappa shape index (κ2) is 13.1. The largest absolute Gasteiger partial charge is 0.355 e. The first-order valence-electron chi connectivity index (χ1n) is 15.6. The van der Waals surface area contributed by atoms with Crippen LogP contribution in [-0.2, 0) is 15.6 Å². The first-order chi connectivity index (χ1) is 18.7. The molecule has 4 nitrogen and oxygen atoms in total. The maximum Gasteiger partial charge on any atom is 0.232 e. The van der Waals surface area contributed by atoms with Gasteiger partial charge in [-0.2, -0.15) is 0 Å². The van der Waals surface area contributed by atoms with E-state index in [1.165, 1.54) is 83.5 Å². The molecule has 0 spiro atoms. The average molecular weight is 575 g/mol. The molecular formula is C33H49Cl2N3O. The van der Waals surface area contributed by atoms with E-state index in [0.717, 1.165) is 42.7 Å². The highest BCUT2D eigenvalue weighted by atomic mass is 35.5. The number of hydrogen-bond acceptors (Lipinski definition) is 3. The molecule has 0 saturated heterocycles. The van der Waals surface area contributed by atoms with Crippen LogP contribution in [0.1, 0.15) is 142 Å². The van der Waals surface area contributed by atoms with Crippen molar-refractivity contribution in [1.82, 2.24) is 15.3 Å². The van der Waals surface area contributed by atoms with Crippen molar-refractivity contribution < 1.29 is 4.79 Å². The van der Waals surface area contributed by atoms with E-state index < -0.39 is 5.41 Å². The van der Waals surface area contributed by atoms with Crippen LogP contribution in [0.5, 0.6) is 0 Å². The van der Waals surface area contributed by atoms with Crippen LogP contribution in [-0.4, -0.2) is 22.4 Å². The summed E-state index contributed by atoms with van der Waals surface area (Å²) < 4.78 is 0. The average Bonchev–Trinajstić information content (AvgIpc) is 3.20. The van der Waals surface area contributed by atoms with E-state index in [2.05, 4.69) is 33.0 Å². The lowest BCUT2D eigenvalue weighted by atomic mass is 9.63. The fourth-order valence-electron chi connectivity index (χ4n) is 7.27. The smallest absolute Gasteiger partial charge is 0.232 e. The second-order valence-corrected chi connectivity index (χ2v) is 13.7. The molecule has 1 aromatic carbocycles. The Morgan fingerprint density at radius 2 is 1.21 bits per heavy atom. The van der Waals surface area contributed by atoms with Gasteiger partial charge in [-0.25, -0.2) is 9.97 Å². The van der Waals surface area contributed by atoms with Crippen molar-refractivity contribution in [3.8, 4) is 0 Å². The van der Waals surface area contributed by atoms with Gasteiger partial charge in [-0.1, -0.05) is 134 Å². The van der Waals surface area contributed by atoms with Gasteiger partial charge in [0.05, 0.1) is 37.9 Å². The Balaban J connectivity index is 1.24. The Hall–Kier alpha value is -1.39. The summed E-state index contributed by atoms with van der Waals surface area (Å²) in [4.78, 5) is 24.0. The van der Waals surface area contributed by atoms with Crippen LogP contribution >= 0.6 is 23.2 Å². The third kappa shape index (κ3) is 5.85. The van der Waals surface area contributed by atoms with E-state index >= 15 is 0 Å². The lowest BCUT2D eigenvalue weighted by Crippen LogP contribution is -2.51. The van der Waals surface area contributed by atoms with Crippen LogP contribution < -0.4 is 5.32 Å². The fourth-order valence-corrected chi connectivity index (χ4v) is 7.59. The Kier molecular flexibility index (Phi) is 10.2. The minimum Gasteiger partial charge on any atom is -0.355 e. The van der Waals surface area contributed by atoms with Crippen molar-refractivity contribution >= 4 is 40.1 Å². The van der Waals surface area contributed by atoms with Crippen molar-refractivity contribution in [3.63, 3.8) is 0 Å². The minimum absolute atomic E-state index is 0.110. The molecule has 4 rings (SSSR count). The SMILES string of the molecule is CCCCCCCCCCCCCCCCNC(=O)C12CCC(C)(c3nc4cc(Cl)c(Cl)cc4nc31)C2(C)C. The van der Waals surface area contributed by atoms with Crippen LogP contribution in [0, 0.1) is 5.41 Å². The Labute approximate surface area is 246 Å². The molecule has 39 heavy (non-hydrogen) atoms. The summed E-state index contributed by atoms with van der Waals surface area (Å²) in [6.07, 6.45) is 20.4. The molecule has 6 heteroatoms. The first-order valence-corrected chi connectivity index (χ1v) is 16.4. The number of unbranched alkanes of at least 4 members (excludes halogenated alkanes) is 13. The van der Waals surface area contributed by atoms with Crippen molar-refractivity contribution in [1.29, 1.82) is 0 Å². The molecule has 1 fully saturated rings. The summed E-state index contributed by atoms with van der Waals surface area (Å²) in [5.74, 6) is 0.110. The molecule has 2 aromatic rings. The third-order valence-electron chi connectivity index (χ3n) is 10.3. The molecule has 2 atom stereocenters. The van der Waals surface area contributed by atoms with Crippen LogP contribution in [0.15, 0.2) is 12.1 Å². The molecular weight excluding hydrogens is 525 g/mol. The molecule has 216 valence electrons. The van der Waals surface area contributed by atoms with Crippen molar-refractivity contribution in [2.45, 2.75) is 141 Å².